The molecular formula is C14H22N2O2. The summed E-state index contributed by atoms with van der Waals surface area (Å²) in [6.45, 7) is 7.91. The van der Waals surface area contributed by atoms with E-state index in [2.05, 4.69) is 23.7 Å². The fourth-order valence-electron chi connectivity index (χ4n) is 2.38. The van der Waals surface area contributed by atoms with Gasteiger partial charge in [-0.25, -0.2) is 0 Å². The summed E-state index contributed by atoms with van der Waals surface area (Å²) >= 11 is 0. The maximum absolute atomic E-state index is 9.72. The van der Waals surface area contributed by atoms with Gasteiger partial charge in [0.25, 0.3) is 0 Å². The maximum atomic E-state index is 9.72. The molecule has 1 N–H and O–H groups in total. The van der Waals surface area contributed by atoms with Crippen LogP contribution in [-0.2, 0) is 4.74 Å². The highest BCUT2D eigenvalue weighted by molar-refractivity contribution is 5.45. The summed E-state index contributed by atoms with van der Waals surface area (Å²) < 4.78 is 5.72. The minimum atomic E-state index is -0.457. The molecule has 1 aromatic heterocycles. The molecule has 2 rings (SSSR count). The van der Waals surface area contributed by atoms with E-state index in [1.54, 1.807) is 0 Å². The van der Waals surface area contributed by atoms with Crippen molar-refractivity contribution in [2.24, 2.45) is 0 Å². The van der Waals surface area contributed by atoms with Crippen molar-refractivity contribution in [1.82, 2.24) is 4.98 Å². The highest BCUT2D eigenvalue weighted by Crippen LogP contribution is 2.21. The standard InChI is InChI=1S/C14H22N2O2/c1-4-14(17)13-6-5-12(7-15-13)16-8-10(2)18-11(3)9-16/h5-7,10-11,14,17H,4,8-9H2,1-3H3/t10?,11?,14-/m0/s1. The van der Waals surface area contributed by atoms with E-state index in [-0.39, 0.29) is 12.2 Å². The normalized spacial score (nSPS) is 26.1. The number of aliphatic hydroxyl groups is 1. The molecular weight excluding hydrogens is 228 g/mol. The van der Waals surface area contributed by atoms with E-state index in [0.717, 1.165) is 24.5 Å². The van der Waals surface area contributed by atoms with E-state index < -0.39 is 6.10 Å². The molecule has 1 aromatic rings. The van der Waals surface area contributed by atoms with E-state index in [4.69, 9.17) is 4.74 Å². The zero-order chi connectivity index (χ0) is 13.1. The van der Waals surface area contributed by atoms with Gasteiger partial charge in [-0.1, -0.05) is 6.92 Å². The Labute approximate surface area is 109 Å². The molecule has 0 saturated carbocycles. The Morgan fingerprint density at radius 3 is 2.56 bits per heavy atom. The van der Waals surface area contributed by atoms with Crippen LogP contribution in [0.4, 0.5) is 5.69 Å². The van der Waals surface area contributed by atoms with E-state index in [9.17, 15) is 5.11 Å². The molecule has 0 radical (unpaired) electrons. The molecule has 0 amide bonds. The molecule has 0 spiro atoms. The van der Waals surface area contributed by atoms with Gasteiger partial charge in [-0.05, 0) is 32.4 Å². The second kappa shape index (κ2) is 5.67. The van der Waals surface area contributed by atoms with Crippen molar-refractivity contribution in [3.05, 3.63) is 24.0 Å². The zero-order valence-corrected chi connectivity index (χ0v) is 11.3. The van der Waals surface area contributed by atoms with Crippen molar-refractivity contribution in [3.63, 3.8) is 0 Å². The number of aliphatic hydroxyl groups excluding tert-OH is 1. The van der Waals surface area contributed by atoms with Gasteiger partial charge >= 0.3 is 0 Å². The van der Waals surface area contributed by atoms with Crippen molar-refractivity contribution < 1.29 is 9.84 Å². The van der Waals surface area contributed by atoms with Crippen LogP contribution in [0, 0.1) is 0 Å². The number of ether oxygens (including phenoxy) is 1. The number of anilines is 1. The van der Waals surface area contributed by atoms with Crippen molar-refractivity contribution in [2.45, 2.75) is 45.5 Å². The van der Waals surface area contributed by atoms with E-state index in [0.29, 0.717) is 6.42 Å². The monoisotopic (exact) mass is 250 g/mol. The summed E-state index contributed by atoms with van der Waals surface area (Å²) in [6.07, 6.45) is 2.57. The minimum Gasteiger partial charge on any atom is -0.387 e. The molecule has 1 fully saturated rings. The Bertz CT molecular complexity index is 370. The molecule has 3 atom stereocenters. The first-order chi connectivity index (χ1) is 8.60. The summed E-state index contributed by atoms with van der Waals surface area (Å²) in [5, 5.41) is 9.72. The van der Waals surface area contributed by atoms with Crippen LogP contribution in [0.1, 0.15) is 39.0 Å². The van der Waals surface area contributed by atoms with Crippen LogP contribution in [0.25, 0.3) is 0 Å². The van der Waals surface area contributed by atoms with Crippen molar-refractivity contribution in [2.75, 3.05) is 18.0 Å². The van der Waals surface area contributed by atoms with Crippen LogP contribution in [0.15, 0.2) is 18.3 Å². The first-order valence-corrected chi connectivity index (χ1v) is 6.64. The first kappa shape index (κ1) is 13.3. The molecule has 2 unspecified atom stereocenters. The maximum Gasteiger partial charge on any atom is 0.0957 e. The molecule has 0 aromatic carbocycles. The molecule has 1 aliphatic rings. The molecule has 2 heterocycles. The Hall–Kier alpha value is -1.13. The van der Waals surface area contributed by atoms with Crippen LogP contribution in [0.2, 0.25) is 0 Å². The minimum absolute atomic E-state index is 0.245. The zero-order valence-electron chi connectivity index (χ0n) is 11.3. The van der Waals surface area contributed by atoms with Crippen LogP contribution in [-0.4, -0.2) is 35.4 Å². The summed E-state index contributed by atoms with van der Waals surface area (Å²) in [5.41, 5.74) is 1.85. The molecule has 0 aliphatic carbocycles. The van der Waals surface area contributed by atoms with Gasteiger partial charge in [0.2, 0.25) is 0 Å². The van der Waals surface area contributed by atoms with Gasteiger partial charge in [0, 0.05) is 13.1 Å². The van der Waals surface area contributed by atoms with Gasteiger partial charge in [0.1, 0.15) is 0 Å². The Morgan fingerprint density at radius 1 is 1.39 bits per heavy atom. The van der Waals surface area contributed by atoms with Gasteiger partial charge in [0.05, 0.1) is 35.9 Å². The smallest absolute Gasteiger partial charge is 0.0957 e. The van der Waals surface area contributed by atoms with Crippen molar-refractivity contribution in [1.29, 1.82) is 0 Å². The fraction of sp³-hybridized carbons (Fsp3) is 0.643. The average Bonchev–Trinajstić information content (AvgIpc) is 2.37. The second-order valence-electron chi connectivity index (χ2n) is 5.03. The van der Waals surface area contributed by atoms with Crippen LogP contribution >= 0.6 is 0 Å². The molecule has 1 saturated heterocycles. The highest BCUT2D eigenvalue weighted by atomic mass is 16.5. The third-order valence-electron chi connectivity index (χ3n) is 3.28. The summed E-state index contributed by atoms with van der Waals surface area (Å²) in [7, 11) is 0. The van der Waals surface area contributed by atoms with E-state index in [1.165, 1.54) is 0 Å². The van der Waals surface area contributed by atoms with Crippen molar-refractivity contribution >= 4 is 5.69 Å². The Morgan fingerprint density at radius 2 is 2.06 bits per heavy atom. The lowest BCUT2D eigenvalue weighted by Gasteiger charge is -2.36. The van der Waals surface area contributed by atoms with Gasteiger partial charge in [-0.3, -0.25) is 4.98 Å². The van der Waals surface area contributed by atoms with Gasteiger partial charge < -0.3 is 14.7 Å². The predicted octanol–water partition coefficient (Wildman–Crippen LogP) is 2.14. The van der Waals surface area contributed by atoms with Crippen LogP contribution < -0.4 is 4.90 Å². The van der Waals surface area contributed by atoms with Crippen LogP contribution in [0.5, 0.6) is 0 Å². The van der Waals surface area contributed by atoms with Crippen LogP contribution in [0.3, 0.4) is 0 Å². The average molecular weight is 250 g/mol. The summed E-state index contributed by atoms with van der Waals surface area (Å²) in [5.74, 6) is 0. The van der Waals surface area contributed by atoms with Gasteiger partial charge in [-0.2, -0.15) is 0 Å². The SMILES string of the molecule is CC[C@H](O)c1ccc(N2CC(C)OC(C)C2)cn1. The number of rotatable bonds is 3. The molecule has 1 aliphatic heterocycles. The van der Waals surface area contributed by atoms with E-state index >= 15 is 0 Å². The Balaban J connectivity index is 2.09. The quantitative estimate of drug-likeness (QED) is 0.892. The molecule has 4 heteroatoms. The number of nitrogens with zero attached hydrogens (tertiary/aromatic N) is 2. The van der Waals surface area contributed by atoms with Crippen molar-refractivity contribution in [3.8, 4) is 0 Å². The third kappa shape index (κ3) is 3.00. The first-order valence-electron chi connectivity index (χ1n) is 6.64. The van der Waals surface area contributed by atoms with E-state index in [1.807, 2.05) is 25.3 Å². The number of hydrogen-bond donors (Lipinski definition) is 1. The number of pyridine rings is 1. The number of hydrogen-bond acceptors (Lipinski definition) is 4. The fourth-order valence-corrected chi connectivity index (χ4v) is 2.38. The number of aromatic nitrogens is 1. The van der Waals surface area contributed by atoms with Gasteiger partial charge in [-0.15, -0.1) is 0 Å². The molecule has 18 heavy (non-hydrogen) atoms. The largest absolute Gasteiger partial charge is 0.387 e. The lowest BCUT2D eigenvalue weighted by molar-refractivity contribution is -0.00524. The predicted molar refractivity (Wildman–Crippen MR) is 71.7 cm³/mol. The van der Waals surface area contributed by atoms with Gasteiger partial charge in [0.15, 0.2) is 0 Å². The molecule has 0 bridgehead atoms. The Kier molecular flexibility index (Phi) is 4.19. The summed E-state index contributed by atoms with van der Waals surface area (Å²) in [4.78, 5) is 6.63. The second-order valence-corrected chi connectivity index (χ2v) is 5.03. The highest BCUT2D eigenvalue weighted by Gasteiger charge is 2.22. The third-order valence-corrected chi connectivity index (χ3v) is 3.28. The lowest BCUT2D eigenvalue weighted by atomic mass is 10.1. The topological polar surface area (TPSA) is 45.6 Å². The summed E-state index contributed by atoms with van der Waals surface area (Å²) in [6, 6.07) is 3.94. The number of morpholine rings is 1. The molecule has 4 nitrogen and oxygen atoms in total. The lowest BCUT2D eigenvalue weighted by Crippen LogP contribution is -2.45. The molecule has 100 valence electrons.